The van der Waals surface area contributed by atoms with Crippen LogP contribution in [0.2, 0.25) is 0 Å². The molecule has 1 atom stereocenters. The first kappa shape index (κ1) is 14.5. The molecule has 1 heterocycles. The molecule has 3 N–H and O–H groups in total. The summed E-state index contributed by atoms with van der Waals surface area (Å²) in [4.78, 5) is 0.106. The number of nitrogens with one attached hydrogen (secondary N) is 1. The molecule has 2 aromatic rings. The summed E-state index contributed by atoms with van der Waals surface area (Å²) < 4.78 is 31.6. The molecular formula is C12H16N4O3S. The number of hydrogen-bond donors (Lipinski definition) is 2. The summed E-state index contributed by atoms with van der Waals surface area (Å²) >= 11 is 0. The highest BCUT2D eigenvalue weighted by Crippen LogP contribution is 2.20. The number of anilines is 1. The number of aromatic nitrogens is 2. The molecule has 2 rings (SSSR count). The Morgan fingerprint density at radius 3 is 2.75 bits per heavy atom. The highest BCUT2D eigenvalue weighted by Gasteiger charge is 2.18. The van der Waals surface area contributed by atoms with Crippen molar-refractivity contribution in [1.29, 1.82) is 0 Å². The number of benzene rings is 1. The smallest absolute Gasteiger partial charge is 0.329 e. The van der Waals surface area contributed by atoms with Gasteiger partial charge in [-0.15, -0.1) is 5.10 Å². The van der Waals surface area contributed by atoms with Crippen LogP contribution in [-0.2, 0) is 10.0 Å². The standard InChI is InChI=1S/C12H16N4O3S/c1-3-11(13)9-5-4-6-10(7-9)20(17,18)16-12-15-14-8(2)19-12/h4-7,11H,3,13H2,1-2H3,(H,15,16). The Bertz CT molecular complexity index is 696. The Morgan fingerprint density at radius 1 is 1.40 bits per heavy atom. The molecule has 0 bridgehead atoms. The average Bonchev–Trinajstić information content (AvgIpc) is 2.82. The van der Waals surface area contributed by atoms with Gasteiger partial charge >= 0.3 is 6.01 Å². The average molecular weight is 296 g/mol. The second kappa shape index (κ2) is 5.59. The predicted molar refractivity (Wildman–Crippen MR) is 73.5 cm³/mol. The molecular weight excluding hydrogens is 280 g/mol. The van der Waals surface area contributed by atoms with Crippen LogP contribution in [0.25, 0.3) is 0 Å². The predicted octanol–water partition coefficient (Wildman–Crippen LogP) is 1.59. The summed E-state index contributed by atoms with van der Waals surface area (Å²) in [5.41, 5.74) is 6.67. The van der Waals surface area contributed by atoms with E-state index in [1.807, 2.05) is 6.92 Å². The van der Waals surface area contributed by atoms with Crippen molar-refractivity contribution in [2.45, 2.75) is 31.2 Å². The fourth-order valence-electron chi connectivity index (χ4n) is 1.66. The van der Waals surface area contributed by atoms with Crippen molar-refractivity contribution in [2.75, 3.05) is 4.72 Å². The van der Waals surface area contributed by atoms with Gasteiger partial charge in [0.2, 0.25) is 5.89 Å². The number of rotatable bonds is 5. The van der Waals surface area contributed by atoms with E-state index in [0.29, 0.717) is 0 Å². The molecule has 7 nitrogen and oxygen atoms in total. The molecule has 0 saturated carbocycles. The molecule has 0 fully saturated rings. The SMILES string of the molecule is CCC(N)c1cccc(S(=O)(=O)Nc2nnc(C)o2)c1. The zero-order valence-corrected chi connectivity index (χ0v) is 12.0. The van der Waals surface area contributed by atoms with Crippen molar-refractivity contribution in [3.8, 4) is 0 Å². The van der Waals surface area contributed by atoms with E-state index in [0.717, 1.165) is 12.0 Å². The Kier molecular flexibility index (Phi) is 4.05. The minimum absolute atomic E-state index is 0.106. The number of nitrogens with two attached hydrogens (primary N) is 1. The van der Waals surface area contributed by atoms with Crippen LogP contribution in [0, 0.1) is 6.92 Å². The second-order valence-corrected chi connectivity index (χ2v) is 6.00. The molecule has 8 heteroatoms. The van der Waals surface area contributed by atoms with Gasteiger partial charge in [0.15, 0.2) is 0 Å². The van der Waals surface area contributed by atoms with Gasteiger partial charge in [-0.3, -0.25) is 0 Å². The highest BCUT2D eigenvalue weighted by atomic mass is 32.2. The second-order valence-electron chi connectivity index (χ2n) is 4.32. The maximum atomic E-state index is 12.2. The molecule has 0 aliphatic carbocycles. The monoisotopic (exact) mass is 296 g/mol. The summed E-state index contributed by atoms with van der Waals surface area (Å²) in [5.74, 6) is 0.282. The Hall–Kier alpha value is -1.93. The van der Waals surface area contributed by atoms with Gasteiger partial charge in [-0.05, 0) is 24.1 Å². The van der Waals surface area contributed by atoms with Crippen LogP contribution in [0.5, 0.6) is 0 Å². The van der Waals surface area contributed by atoms with E-state index in [9.17, 15) is 8.42 Å². The maximum Gasteiger partial charge on any atom is 0.329 e. The van der Waals surface area contributed by atoms with Crippen molar-refractivity contribution in [1.82, 2.24) is 10.2 Å². The van der Waals surface area contributed by atoms with E-state index in [1.54, 1.807) is 25.1 Å². The molecule has 0 saturated heterocycles. The molecule has 1 aromatic heterocycles. The Labute approximate surface area is 117 Å². The molecule has 0 spiro atoms. The summed E-state index contributed by atoms with van der Waals surface area (Å²) in [6.45, 7) is 3.51. The van der Waals surface area contributed by atoms with Crippen LogP contribution in [0.1, 0.15) is 30.8 Å². The first-order valence-electron chi connectivity index (χ1n) is 6.11. The third-order valence-corrected chi connectivity index (χ3v) is 4.10. The van der Waals surface area contributed by atoms with Crippen LogP contribution in [0.4, 0.5) is 6.01 Å². The molecule has 108 valence electrons. The number of hydrogen-bond acceptors (Lipinski definition) is 6. The van der Waals surface area contributed by atoms with Gasteiger partial charge in [0.1, 0.15) is 0 Å². The normalized spacial score (nSPS) is 13.2. The van der Waals surface area contributed by atoms with Crippen molar-refractivity contribution in [3.05, 3.63) is 35.7 Å². The summed E-state index contributed by atoms with van der Waals surface area (Å²) in [7, 11) is -3.77. The summed E-state index contributed by atoms with van der Waals surface area (Å²) in [6.07, 6.45) is 0.722. The first-order chi connectivity index (χ1) is 9.42. The molecule has 1 unspecified atom stereocenters. The van der Waals surface area contributed by atoms with E-state index in [2.05, 4.69) is 14.9 Å². The highest BCUT2D eigenvalue weighted by molar-refractivity contribution is 7.92. The fraction of sp³-hybridized carbons (Fsp3) is 0.333. The number of aryl methyl sites for hydroxylation is 1. The molecule has 0 aliphatic rings. The van der Waals surface area contributed by atoms with E-state index in [1.165, 1.54) is 6.07 Å². The molecule has 0 radical (unpaired) electrons. The lowest BCUT2D eigenvalue weighted by atomic mass is 10.1. The van der Waals surface area contributed by atoms with E-state index < -0.39 is 10.0 Å². The van der Waals surface area contributed by atoms with Gasteiger partial charge in [-0.2, -0.15) is 0 Å². The summed E-state index contributed by atoms with van der Waals surface area (Å²) in [6, 6.07) is 6.11. The van der Waals surface area contributed by atoms with Crippen molar-refractivity contribution in [2.24, 2.45) is 5.73 Å². The van der Waals surface area contributed by atoms with Gasteiger partial charge in [0.05, 0.1) is 4.90 Å². The lowest BCUT2D eigenvalue weighted by Crippen LogP contribution is -2.15. The Morgan fingerprint density at radius 2 is 2.15 bits per heavy atom. The molecule has 1 aromatic carbocycles. The number of nitrogens with zero attached hydrogens (tertiary/aromatic N) is 2. The van der Waals surface area contributed by atoms with Crippen LogP contribution in [-0.4, -0.2) is 18.6 Å². The first-order valence-corrected chi connectivity index (χ1v) is 7.59. The lowest BCUT2D eigenvalue weighted by molar-refractivity contribution is 0.534. The third kappa shape index (κ3) is 3.14. The van der Waals surface area contributed by atoms with Gasteiger partial charge < -0.3 is 10.2 Å². The van der Waals surface area contributed by atoms with Crippen molar-refractivity contribution >= 4 is 16.0 Å². The van der Waals surface area contributed by atoms with Crippen molar-refractivity contribution in [3.63, 3.8) is 0 Å². The molecule has 20 heavy (non-hydrogen) atoms. The topological polar surface area (TPSA) is 111 Å². The van der Waals surface area contributed by atoms with Gasteiger partial charge in [0.25, 0.3) is 10.0 Å². The molecule has 0 aliphatic heterocycles. The third-order valence-electron chi connectivity index (χ3n) is 2.78. The zero-order valence-electron chi connectivity index (χ0n) is 11.2. The summed E-state index contributed by atoms with van der Waals surface area (Å²) in [5, 5.41) is 7.16. The van der Waals surface area contributed by atoms with E-state index in [-0.39, 0.29) is 22.8 Å². The molecule has 0 amide bonds. The van der Waals surface area contributed by atoms with E-state index in [4.69, 9.17) is 10.2 Å². The van der Waals surface area contributed by atoms with Gasteiger partial charge in [-0.25, -0.2) is 13.1 Å². The minimum atomic E-state index is -3.77. The quantitative estimate of drug-likeness (QED) is 0.866. The number of sulfonamides is 1. The van der Waals surface area contributed by atoms with Crippen LogP contribution >= 0.6 is 0 Å². The van der Waals surface area contributed by atoms with Crippen molar-refractivity contribution < 1.29 is 12.8 Å². The Balaban J connectivity index is 2.29. The zero-order chi connectivity index (χ0) is 14.8. The lowest BCUT2D eigenvalue weighted by Gasteiger charge is -2.11. The minimum Gasteiger partial charge on any atom is -0.408 e. The van der Waals surface area contributed by atoms with Crippen LogP contribution in [0.3, 0.4) is 0 Å². The largest absolute Gasteiger partial charge is 0.408 e. The van der Waals surface area contributed by atoms with E-state index >= 15 is 0 Å². The van der Waals surface area contributed by atoms with Crippen LogP contribution in [0.15, 0.2) is 33.6 Å². The van der Waals surface area contributed by atoms with Gasteiger partial charge in [0, 0.05) is 13.0 Å². The maximum absolute atomic E-state index is 12.2. The van der Waals surface area contributed by atoms with Gasteiger partial charge in [-0.1, -0.05) is 24.2 Å². The fourth-order valence-corrected chi connectivity index (χ4v) is 2.64. The van der Waals surface area contributed by atoms with Crippen LogP contribution < -0.4 is 10.5 Å².